The van der Waals surface area contributed by atoms with Crippen molar-refractivity contribution in [1.82, 2.24) is 24.5 Å². The van der Waals surface area contributed by atoms with Gasteiger partial charge in [0.15, 0.2) is 0 Å². The number of rotatable bonds is 3. The van der Waals surface area contributed by atoms with Gasteiger partial charge in [0, 0.05) is 12.7 Å². The minimum absolute atomic E-state index is 0.541. The van der Waals surface area contributed by atoms with Gasteiger partial charge in [0.2, 0.25) is 5.95 Å². The summed E-state index contributed by atoms with van der Waals surface area (Å²) in [5.74, 6) is 0.541. The first-order valence-electron chi connectivity index (χ1n) is 5.81. The van der Waals surface area contributed by atoms with E-state index >= 15 is 0 Å². The highest BCUT2D eigenvalue weighted by molar-refractivity contribution is 5.81. The molecule has 18 heavy (non-hydrogen) atoms. The van der Waals surface area contributed by atoms with Crippen LogP contribution in [0.25, 0.3) is 11.0 Å². The Balaban J connectivity index is 1.98. The summed E-state index contributed by atoms with van der Waals surface area (Å²) in [6.45, 7) is 3.52. The van der Waals surface area contributed by atoms with E-state index in [1.165, 1.54) is 5.56 Å². The normalized spacial score (nSPS) is 11.2. The van der Waals surface area contributed by atoms with E-state index in [1.807, 2.05) is 22.9 Å². The number of nitrogens with zero attached hydrogens (tertiary/aromatic N) is 5. The van der Waals surface area contributed by atoms with Crippen LogP contribution < -0.4 is 5.73 Å². The second-order valence-corrected chi connectivity index (χ2v) is 4.23. The van der Waals surface area contributed by atoms with Gasteiger partial charge in [-0.1, -0.05) is 17.3 Å². The highest BCUT2D eigenvalue weighted by Crippen LogP contribution is 2.21. The Labute approximate surface area is 104 Å². The molecule has 2 heterocycles. The molecule has 0 aliphatic heterocycles. The predicted molar refractivity (Wildman–Crippen MR) is 68.9 cm³/mol. The molecule has 2 N–H and O–H groups in total. The van der Waals surface area contributed by atoms with E-state index in [4.69, 9.17) is 5.73 Å². The number of nitrogens with two attached hydrogens (primary N) is 1. The Hall–Kier alpha value is -2.37. The molecule has 6 heteroatoms. The summed E-state index contributed by atoms with van der Waals surface area (Å²) in [6.07, 6.45) is 3.50. The molecule has 0 unspecified atom stereocenters. The molecule has 0 saturated heterocycles. The third-order valence-corrected chi connectivity index (χ3v) is 3.02. The van der Waals surface area contributed by atoms with Crippen molar-refractivity contribution in [2.24, 2.45) is 0 Å². The van der Waals surface area contributed by atoms with Gasteiger partial charge in [-0.25, -0.2) is 4.98 Å². The number of hydrogen-bond donors (Lipinski definition) is 1. The van der Waals surface area contributed by atoms with Crippen LogP contribution in [0.1, 0.15) is 5.56 Å². The zero-order valence-corrected chi connectivity index (χ0v) is 10.1. The number of anilines is 1. The number of aryl methyl sites for hydroxylation is 3. The van der Waals surface area contributed by atoms with Crippen LogP contribution in [-0.4, -0.2) is 24.5 Å². The SMILES string of the molecule is Cc1cccc2nc(N)n(CCn3ccnn3)c12. The number of benzene rings is 1. The minimum atomic E-state index is 0.541. The summed E-state index contributed by atoms with van der Waals surface area (Å²) in [6, 6.07) is 6.03. The molecule has 3 aromatic rings. The Kier molecular flexibility index (Phi) is 2.47. The lowest BCUT2D eigenvalue weighted by atomic mass is 10.2. The molecule has 92 valence electrons. The summed E-state index contributed by atoms with van der Waals surface area (Å²) < 4.78 is 3.80. The van der Waals surface area contributed by atoms with Crippen molar-refractivity contribution in [2.75, 3.05) is 5.73 Å². The van der Waals surface area contributed by atoms with Gasteiger partial charge in [0.1, 0.15) is 0 Å². The number of para-hydroxylation sites is 1. The summed E-state index contributed by atoms with van der Waals surface area (Å²) in [5.41, 5.74) is 9.17. The lowest BCUT2D eigenvalue weighted by molar-refractivity contribution is 0.529. The first-order valence-corrected chi connectivity index (χ1v) is 5.81. The van der Waals surface area contributed by atoms with Gasteiger partial charge in [0.05, 0.1) is 23.8 Å². The minimum Gasteiger partial charge on any atom is -0.369 e. The van der Waals surface area contributed by atoms with E-state index in [0.717, 1.165) is 24.1 Å². The third kappa shape index (κ3) is 1.71. The summed E-state index contributed by atoms with van der Waals surface area (Å²) in [4.78, 5) is 4.37. The van der Waals surface area contributed by atoms with Crippen molar-refractivity contribution in [1.29, 1.82) is 0 Å². The number of hydrogen-bond acceptors (Lipinski definition) is 4. The highest BCUT2D eigenvalue weighted by atomic mass is 15.4. The second-order valence-electron chi connectivity index (χ2n) is 4.23. The van der Waals surface area contributed by atoms with Crippen molar-refractivity contribution in [3.63, 3.8) is 0 Å². The molecule has 0 bridgehead atoms. The van der Waals surface area contributed by atoms with Gasteiger partial charge in [0.25, 0.3) is 0 Å². The van der Waals surface area contributed by atoms with Gasteiger partial charge < -0.3 is 10.3 Å². The van der Waals surface area contributed by atoms with Crippen molar-refractivity contribution < 1.29 is 0 Å². The van der Waals surface area contributed by atoms with Crippen LogP contribution in [0.4, 0.5) is 5.95 Å². The van der Waals surface area contributed by atoms with Crippen molar-refractivity contribution in [3.8, 4) is 0 Å². The molecule has 0 fully saturated rings. The van der Waals surface area contributed by atoms with Crippen molar-refractivity contribution in [3.05, 3.63) is 36.2 Å². The van der Waals surface area contributed by atoms with E-state index < -0.39 is 0 Å². The van der Waals surface area contributed by atoms with Crippen LogP contribution in [0.5, 0.6) is 0 Å². The Morgan fingerprint density at radius 3 is 2.94 bits per heavy atom. The fourth-order valence-corrected chi connectivity index (χ4v) is 2.16. The molecule has 0 atom stereocenters. The molecule has 0 saturated carbocycles. The quantitative estimate of drug-likeness (QED) is 0.749. The first kappa shape index (κ1) is 10.8. The lowest BCUT2D eigenvalue weighted by Crippen LogP contribution is -2.10. The van der Waals surface area contributed by atoms with Crippen molar-refractivity contribution >= 4 is 17.0 Å². The predicted octanol–water partition coefficient (Wildman–Crippen LogP) is 1.22. The van der Waals surface area contributed by atoms with Gasteiger partial charge in [-0.2, -0.15) is 0 Å². The fourth-order valence-electron chi connectivity index (χ4n) is 2.16. The Morgan fingerprint density at radius 2 is 2.17 bits per heavy atom. The maximum atomic E-state index is 5.97. The van der Waals surface area contributed by atoms with E-state index in [2.05, 4.69) is 28.3 Å². The van der Waals surface area contributed by atoms with E-state index in [-0.39, 0.29) is 0 Å². The van der Waals surface area contributed by atoms with E-state index in [9.17, 15) is 0 Å². The van der Waals surface area contributed by atoms with E-state index in [1.54, 1.807) is 10.9 Å². The van der Waals surface area contributed by atoms with Crippen LogP contribution >= 0.6 is 0 Å². The second kappa shape index (κ2) is 4.14. The molecule has 0 radical (unpaired) electrons. The van der Waals surface area contributed by atoms with Gasteiger partial charge >= 0.3 is 0 Å². The Bertz CT molecular complexity index is 667. The summed E-state index contributed by atoms with van der Waals surface area (Å²) in [7, 11) is 0. The van der Waals surface area contributed by atoms with Gasteiger partial charge in [-0.15, -0.1) is 5.10 Å². The average Bonchev–Trinajstić information content (AvgIpc) is 2.94. The maximum absolute atomic E-state index is 5.97. The van der Waals surface area contributed by atoms with Gasteiger partial charge in [-0.3, -0.25) is 4.68 Å². The fraction of sp³-hybridized carbons (Fsp3) is 0.250. The summed E-state index contributed by atoms with van der Waals surface area (Å²) >= 11 is 0. The molecular weight excluding hydrogens is 228 g/mol. The number of aromatic nitrogens is 5. The maximum Gasteiger partial charge on any atom is 0.201 e. The molecule has 0 spiro atoms. The third-order valence-electron chi connectivity index (χ3n) is 3.02. The number of nitrogen functional groups attached to an aromatic ring is 1. The van der Waals surface area contributed by atoms with Crippen LogP contribution in [0, 0.1) is 6.92 Å². The lowest BCUT2D eigenvalue weighted by Gasteiger charge is -2.07. The molecule has 6 nitrogen and oxygen atoms in total. The molecule has 0 aliphatic carbocycles. The molecule has 1 aromatic carbocycles. The van der Waals surface area contributed by atoms with Crippen LogP contribution in [-0.2, 0) is 13.1 Å². The van der Waals surface area contributed by atoms with Crippen LogP contribution in [0.3, 0.4) is 0 Å². The highest BCUT2D eigenvalue weighted by Gasteiger charge is 2.09. The largest absolute Gasteiger partial charge is 0.369 e. The zero-order chi connectivity index (χ0) is 12.5. The van der Waals surface area contributed by atoms with E-state index in [0.29, 0.717) is 5.95 Å². The first-order chi connectivity index (χ1) is 8.75. The zero-order valence-electron chi connectivity index (χ0n) is 10.1. The topological polar surface area (TPSA) is 74.5 Å². The molecule has 0 amide bonds. The monoisotopic (exact) mass is 242 g/mol. The van der Waals surface area contributed by atoms with Gasteiger partial charge in [-0.05, 0) is 18.6 Å². The molecular formula is C12H14N6. The summed E-state index contributed by atoms with van der Waals surface area (Å²) in [5, 5.41) is 7.72. The molecule has 0 aliphatic rings. The smallest absolute Gasteiger partial charge is 0.201 e. The Morgan fingerprint density at radius 1 is 1.28 bits per heavy atom. The average molecular weight is 242 g/mol. The number of fused-ring (bicyclic) bond motifs is 1. The van der Waals surface area contributed by atoms with Crippen molar-refractivity contribution in [2.45, 2.75) is 20.0 Å². The number of imidazole rings is 1. The molecule has 3 rings (SSSR count). The molecule has 2 aromatic heterocycles. The van der Waals surface area contributed by atoms with Crippen LogP contribution in [0.15, 0.2) is 30.6 Å². The van der Waals surface area contributed by atoms with Crippen LogP contribution in [0.2, 0.25) is 0 Å². The standard InChI is InChI=1S/C12H14N6/c1-9-3-2-4-10-11(9)18(12(13)15-10)8-7-17-6-5-14-16-17/h2-6H,7-8H2,1H3,(H2,13,15).